The lowest BCUT2D eigenvalue weighted by molar-refractivity contribution is 0.396. The molecule has 1 N–H and O–H groups in total. The number of rotatable bonds is 11. The summed E-state index contributed by atoms with van der Waals surface area (Å²) in [5.41, 5.74) is 1.33. The standard InChI is InChI=1S/C18H31NOS/c1-5-21-11-10-16(14-19-13-15(2)3)12-17-8-6-7-9-18(17)20-4/h6-9,15-16,19H,5,10-14H2,1-4H3. The van der Waals surface area contributed by atoms with Crippen LogP contribution in [0.1, 0.15) is 32.8 Å². The Kier molecular flexibility index (Phi) is 9.60. The van der Waals surface area contributed by atoms with Gasteiger partial charge >= 0.3 is 0 Å². The maximum Gasteiger partial charge on any atom is 0.122 e. The monoisotopic (exact) mass is 309 g/mol. The van der Waals surface area contributed by atoms with E-state index < -0.39 is 0 Å². The minimum absolute atomic E-state index is 0.680. The van der Waals surface area contributed by atoms with Gasteiger partial charge < -0.3 is 10.1 Å². The van der Waals surface area contributed by atoms with Gasteiger partial charge in [-0.1, -0.05) is 39.0 Å². The molecule has 0 saturated carbocycles. The molecule has 0 amide bonds. The fourth-order valence-corrected chi connectivity index (χ4v) is 3.22. The van der Waals surface area contributed by atoms with E-state index in [0.717, 1.165) is 25.3 Å². The second kappa shape index (κ2) is 11.0. The predicted octanol–water partition coefficient (Wildman–Crippen LogP) is 4.24. The Morgan fingerprint density at radius 3 is 2.62 bits per heavy atom. The summed E-state index contributed by atoms with van der Waals surface area (Å²) in [5, 5.41) is 3.62. The summed E-state index contributed by atoms with van der Waals surface area (Å²) in [5.74, 6) is 4.87. The van der Waals surface area contributed by atoms with E-state index in [4.69, 9.17) is 4.74 Å². The first kappa shape index (κ1) is 18.4. The number of nitrogens with one attached hydrogen (secondary N) is 1. The number of ether oxygens (including phenoxy) is 1. The summed E-state index contributed by atoms with van der Waals surface area (Å²) >= 11 is 2.04. The van der Waals surface area contributed by atoms with Crippen molar-refractivity contribution in [3.8, 4) is 5.75 Å². The number of hydrogen-bond donors (Lipinski definition) is 1. The van der Waals surface area contributed by atoms with E-state index in [2.05, 4.69) is 44.3 Å². The molecule has 2 nitrogen and oxygen atoms in total. The lowest BCUT2D eigenvalue weighted by Crippen LogP contribution is -2.28. The van der Waals surface area contributed by atoms with Gasteiger partial charge in [0.1, 0.15) is 5.75 Å². The summed E-state index contributed by atoms with van der Waals surface area (Å²) in [6, 6.07) is 8.41. The Balaban J connectivity index is 2.57. The number of hydrogen-bond acceptors (Lipinski definition) is 3. The summed E-state index contributed by atoms with van der Waals surface area (Å²) in [6.45, 7) is 8.95. The molecule has 1 unspecified atom stereocenters. The SMILES string of the molecule is CCSCCC(CNCC(C)C)Cc1ccccc1OC. The lowest BCUT2D eigenvalue weighted by atomic mass is 9.96. The molecule has 120 valence electrons. The van der Waals surface area contributed by atoms with Crippen molar-refractivity contribution >= 4 is 11.8 Å². The van der Waals surface area contributed by atoms with Crippen molar-refractivity contribution in [1.82, 2.24) is 5.32 Å². The molecular formula is C18H31NOS. The first-order valence-electron chi connectivity index (χ1n) is 8.07. The predicted molar refractivity (Wildman–Crippen MR) is 95.5 cm³/mol. The molecule has 0 saturated heterocycles. The van der Waals surface area contributed by atoms with E-state index >= 15 is 0 Å². The van der Waals surface area contributed by atoms with Gasteiger partial charge in [0.2, 0.25) is 0 Å². The van der Waals surface area contributed by atoms with Gasteiger partial charge in [0.15, 0.2) is 0 Å². The van der Waals surface area contributed by atoms with Crippen LogP contribution < -0.4 is 10.1 Å². The Morgan fingerprint density at radius 2 is 1.95 bits per heavy atom. The van der Waals surface area contributed by atoms with Gasteiger partial charge in [0, 0.05) is 0 Å². The molecule has 0 aliphatic heterocycles. The van der Waals surface area contributed by atoms with E-state index in [1.807, 2.05) is 17.8 Å². The molecule has 21 heavy (non-hydrogen) atoms. The second-order valence-electron chi connectivity index (χ2n) is 5.92. The molecule has 0 spiro atoms. The Labute approximate surface area is 135 Å². The molecule has 0 fully saturated rings. The number of benzene rings is 1. The Hall–Kier alpha value is -0.670. The van der Waals surface area contributed by atoms with Crippen LogP contribution in [0.2, 0.25) is 0 Å². The zero-order chi connectivity index (χ0) is 15.5. The molecule has 3 heteroatoms. The van der Waals surface area contributed by atoms with Gasteiger partial charge in [-0.05, 0) is 60.9 Å². The average molecular weight is 310 g/mol. The molecular weight excluding hydrogens is 278 g/mol. The minimum Gasteiger partial charge on any atom is -0.496 e. The van der Waals surface area contributed by atoms with Gasteiger partial charge in [-0.25, -0.2) is 0 Å². The quantitative estimate of drug-likeness (QED) is 0.618. The van der Waals surface area contributed by atoms with Gasteiger partial charge in [-0.3, -0.25) is 0 Å². The summed E-state index contributed by atoms with van der Waals surface area (Å²) in [7, 11) is 1.76. The maximum absolute atomic E-state index is 5.49. The van der Waals surface area contributed by atoms with E-state index in [1.165, 1.54) is 23.5 Å². The molecule has 0 aromatic heterocycles. The summed E-state index contributed by atoms with van der Waals surface area (Å²) in [4.78, 5) is 0. The fourth-order valence-electron chi connectivity index (χ4n) is 2.43. The lowest BCUT2D eigenvalue weighted by Gasteiger charge is -2.19. The number of methoxy groups -OCH3 is 1. The van der Waals surface area contributed by atoms with Crippen molar-refractivity contribution in [1.29, 1.82) is 0 Å². The largest absolute Gasteiger partial charge is 0.496 e. The third-order valence-corrected chi connectivity index (χ3v) is 4.49. The molecule has 0 aliphatic rings. The summed E-state index contributed by atoms with van der Waals surface area (Å²) < 4.78 is 5.49. The van der Waals surface area contributed by atoms with Crippen molar-refractivity contribution in [3.05, 3.63) is 29.8 Å². The van der Waals surface area contributed by atoms with E-state index in [-0.39, 0.29) is 0 Å². The first-order valence-corrected chi connectivity index (χ1v) is 9.23. The van der Waals surface area contributed by atoms with Crippen molar-refractivity contribution < 1.29 is 4.74 Å². The zero-order valence-electron chi connectivity index (χ0n) is 14.0. The molecule has 1 aromatic carbocycles. The van der Waals surface area contributed by atoms with Gasteiger partial charge in [-0.2, -0.15) is 11.8 Å². The highest BCUT2D eigenvalue weighted by Gasteiger charge is 2.12. The van der Waals surface area contributed by atoms with E-state index in [0.29, 0.717) is 11.8 Å². The smallest absolute Gasteiger partial charge is 0.122 e. The molecule has 0 heterocycles. The van der Waals surface area contributed by atoms with Crippen LogP contribution in [0.25, 0.3) is 0 Å². The first-order chi connectivity index (χ1) is 10.2. The number of thioether (sulfide) groups is 1. The molecule has 0 aliphatic carbocycles. The highest BCUT2D eigenvalue weighted by molar-refractivity contribution is 7.99. The van der Waals surface area contributed by atoms with Crippen molar-refractivity contribution in [3.63, 3.8) is 0 Å². The molecule has 1 atom stereocenters. The molecule has 0 bridgehead atoms. The van der Waals surface area contributed by atoms with Crippen molar-refractivity contribution in [2.24, 2.45) is 11.8 Å². The van der Waals surface area contributed by atoms with Crippen LogP contribution in [-0.2, 0) is 6.42 Å². The Bertz CT molecular complexity index is 381. The maximum atomic E-state index is 5.49. The summed E-state index contributed by atoms with van der Waals surface area (Å²) in [6.07, 6.45) is 2.36. The third kappa shape index (κ3) is 7.77. The van der Waals surface area contributed by atoms with Crippen molar-refractivity contribution in [2.45, 2.75) is 33.6 Å². The van der Waals surface area contributed by atoms with E-state index in [1.54, 1.807) is 7.11 Å². The Morgan fingerprint density at radius 1 is 1.19 bits per heavy atom. The minimum atomic E-state index is 0.680. The highest BCUT2D eigenvalue weighted by Crippen LogP contribution is 2.23. The third-order valence-electron chi connectivity index (χ3n) is 3.56. The van der Waals surface area contributed by atoms with Crippen LogP contribution in [0.15, 0.2) is 24.3 Å². The van der Waals surface area contributed by atoms with Gasteiger partial charge in [-0.15, -0.1) is 0 Å². The fraction of sp³-hybridized carbons (Fsp3) is 0.667. The van der Waals surface area contributed by atoms with Crippen LogP contribution >= 0.6 is 11.8 Å². The van der Waals surface area contributed by atoms with Crippen LogP contribution in [0.4, 0.5) is 0 Å². The van der Waals surface area contributed by atoms with Crippen LogP contribution in [0.3, 0.4) is 0 Å². The van der Waals surface area contributed by atoms with Crippen molar-refractivity contribution in [2.75, 3.05) is 31.7 Å². The topological polar surface area (TPSA) is 21.3 Å². The number of para-hydroxylation sites is 1. The highest BCUT2D eigenvalue weighted by atomic mass is 32.2. The van der Waals surface area contributed by atoms with Gasteiger partial charge in [0.05, 0.1) is 7.11 Å². The molecule has 0 radical (unpaired) electrons. The average Bonchev–Trinajstić information content (AvgIpc) is 2.47. The zero-order valence-corrected chi connectivity index (χ0v) is 14.8. The van der Waals surface area contributed by atoms with Crippen LogP contribution in [-0.4, -0.2) is 31.7 Å². The molecule has 1 rings (SSSR count). The van der Waals surface area contributed by atoms with Crippen LogP contribution in [0.5, 0.6) is 5.75 Å². The van der Waals surface area contributed by atoms with Gasteiger partial charge in [0.25, 0.3) is 0 Å². The molecule has 1 aromatic rings. The van der Waals surface area contributed by atoms with Crippen LogP contribution in [0, 0.1) is 11.8 Å². The van der Waals surface area contributed by atoms with E-state index in [9.17, 15) is 0 Å². The second-order valence-corrected chi connectivity index (χ2v) is 7.31. The normalized spacial score (nSPS) is 12.6.